The molecular formula is C21H29IN6O. The molecule has 1 fully saturated rings. The Balaban J connectivity index is 0.00000240. The van der Waals surface area contributed by atoms with E-state index in [2.05, 4.69) is 44.2 Å². The minimum Gasteiger partial charge on any atom is -0.351 e. The fourth-order valence-electron chi connectivity index (χ4n) is 4.17. The van der Waals surface area contributed by atoms with Gasteiger partial charge in [0, 0.05) is 45.8 Å². The molecule has 2 aromatic rings. The van der Waals surface area contributed by atoms with Gasteiger partial charge in [0.2, 0.25) is 5.91 Å². The van der Waals surface area contributed by atoms with Crippen molar-refractivity contribution in [2.24, 2.45) is 4.99 Å². The van der Waals surface area contributed by atoms with E-state index in [0.29, 0.717) is 6.54 Å². The van der Waals surface area contributed by atoms with Gasteiger partial charge in [0.1, 0.15) is 0 Å². The number of carbonyl (C=O) groups is 1. The summed E-state index contributed by atoms with van der Waals surface area (Å²) in [4.78, 5) is 20.1. The average molecular weight is 508 g/mol. The van der Waals surface area contributed by atoms with Crippen LogP contribution in [0.15, 0.2) is 35.3 Å². The lowest BCUT2D eigenvalue weighted by Crippen LogP contribution is -2.53. The van der Waals surface area contributed by atoms with Gasteiger partial charge in [-0.2, -0.15) is 5.10 Å². The van der Waals surface area contributed by atoms with E-state index in [1.807, 2.05) is 18.0 Å². The number of guanidine groups is 1. The van der Waals surface area contributed by atoms with Gasteiger partial charge < -0.3 is 15.1 Å². The lowest BCUT2D eigenvalue weighted by molar-refractivity contribution is -0.130. The van der Waals surface area contributed by atoms with Crippen LogP contribution in [0.3, 0.4) is 0 Å². The molecule has 1 aliphatic carbocycles. The number of amides is 1. The molecule has 0 radical (unpaired) electrons. The molecular weight excluding hydrogens is 479 g/mol. The van der Waals surface area contributed by atoms with Crippen LogP contribution in [0.2, 0.25) is 0 Å². The first-order chi connectivity index (χ1) is 13.7. The highest BCUT2D eigenvalue weighted by atomic mass is 127. The first-order valence-electron chi connectivity index (χ1n) is 10.0. The van der Waals surface area contributed by atoms with Gasteiger partial charge in [-0.3, -0.25) is 9.79 Å². The van der Waals surface area contributed by atoms with Crippen LogP contribution >= 0.6 is 24.0 Å². The van der Waals surface area contributed by atoms with Crippen LogP contribution in [-0.4, -0.2) is 64.7 Å². The van der Waals surface area contributed by atoms with E-state index in [9.17, 15) is 4.79 Å². The number of halogens is 1. The molecule has 2 heterocycles. The van der Waals surface area contributed by atoms with Crippen LogP contribution < -0.4 is 5.32 Å². The maximum atomic E-state index is 11.5. The Bertz CT molecular complexity index is 871. The monoisotopic (exact) mass is 508 g/mol. The van der Waals surface area contributed by atoms with Crippen LogP contribution in [0.1, 0.15) is 30.3 Å². The molecule has 7 nitrogen and oxygen atoms in total. The minimum absolute atomic E-state index is 0. The molecule has 0 spiro atoms. The van der Waals surface area contributed by atoms with Crippen LogP contribution in [0.25, 0.3) is 5.69 Å². The van der Waals surface area contributed by atoms with Crippen molar-refractivity contribution < 1.29 is 4.79 Å². The molecule has 29 heavy (non-hydrogen) atoms. The summed E-state index contributed by atoms with van der Waals surface area (Å²) in [6.45, 7) is 5.39. The molecule has 1 aliphatic heterocycles. The van der Waals surface area contributed by atoms with E-state index < -0.39 is 0 Å². The molecule has 1 amide bonds. The van der Waals surface area contributed by atoms with Crippen LogP contribution in [0, 0.1) is 0 Å². The van der Waals surface area contributed by atoms with Crippen LogP contribution in [-0.2, 0) is 24.2 Å². The van der Waals surface area contributed by atoms with E-state index in [1.165, 1.54) is 17.7 Å². The summed E-state index contributed by atoms with van der Waals surface area (Å²) < 4.78 is 2.10. The largest absolute Gasteiger partial charge is 0.351 e. The third kappa shape index (κ3) is 4.57. The van der Waals surface area contributed by atoms with Crippen molar-refractivity contribution >= 4 is 35.8 Å². The second-order valence-corrected chi connectivity index (χ2v) is 7.37. The standard InChI is InChI=1S/C21H28N6O.HI/c1-16(28)25-11-13-26(14-12-25)21(22-2)23-15-19-18-9-6-10-20(18)27(24-19)17-7-4-3-5-8-17;/h3-5,7-8H,6,9-15H2,1-2H3,(H,22,23);1H. The van der Waals surface area contributed by atoms with Crippen molar-refractivity contribution in [2.75, 3.05) is 33.2 Å². The van der Waals surface area contributed by atoms with Crippen LogP contribution in [0.5, 0.6) is 0 Å². The molecule has 4 rings (SSSR count). The zero-order valence-corrected chi connectivity index (χ0v) is 19.4. The molecule has 1 N–H and O–H groups in total. The topological polar surface area (TPSA) is 65.8 Å². The van der Waals surface area contributed by atoms with Gasteiger partial charge in [-0.05, 0) is 37.0 Å². The maximum Gasteiger partial charge on any atom is 0.219 e. The normalized spacial score (nSPS) is 16.4. The lowest BCUT2D eigenvalue weighted by Gasteiger charge is -2.36. The number of nitrogens with zero attached hydrogens (tertiary/aromatic N) is 5. The number of aliphatic imine (C=N–C) groups is 1. The van der Waals surface area contributed by atoms with Gasteiger partial charge in [0.15, 0.2) is 5.96 Å². The van der Waals surface area contributed by atoms with Gasteiger partial charge >= 0.3 is 0 Å². The van der Waals surface area contributed by atoms with Crippen molar-refractivity contribution in [3.8, 4) is 5.69 Å². The number of carbonyl (C=O) groups excluding carboxylic acids is 1. The number of piperazine rings is 1. The lowest BCUT2D eigenvalue weighted by atomic mass is 10.2. The molecule has 156 valence electrons. The summed E-state index contributed by atoms with van der Waals surface area (Å²) in [7, 11) is 1.81. The number of fused-ring (bicyclic) bond motifs is 1. The molecule has 1 aromatic heterocycles. The fourth-order valence-corrected chi connectivity index (χ4v) is 4.17. The summed E-state index contributed by atoms with van der Waals surface area (Å²) in [6, 6.07) is 10.4. The van der Waals surface area contributed by atoms with Crippen molar-refractivity contribution in [3.05, 3.63) is 47.3 Å². The average Bonchev–Trinajstić information content (AvgIpc) is 3.33. The first kappa shape index (κ1) is 21.6. The minimum atomic E-state index is 0. The first-order valence-corrected chi connectivity index (χ1v) is 10.0. The number of benzene rings is 1. The van der Waals surface area contributed by atoms with Crippen molar-refractivity contribution in [3.63, 3.8) is 0 Å². The molecule has 0 bridgehead atoms. The predicted molar refractivity (Wildman–Crippen MR) is 125 cm³/mol. The second kappa shape index (κ2) is 9.60. The number of hydrogen-bond donors (Lipinski definition) is 1. The van der Waals surface area contributed by atoms with Crippen molar-refractivity contribution in [2.45, 2.75) is 32.7 Å². The SMILES string of the molecule is CN=C(NCc1nn(-c2ccccc2)c2c1CCC2)N1CCN(C(C)=O)CC1.I. The second-order valence-electron chi connectivity index (χ2n) is 7.37. The van der Waals surface area contributed by atoms with Gasteiger partial charge in [0.05, 0.1) is 17.9 Å². The number of nitrogens with one attached hydrogen (secondary N) is 1. The van der Waals surface area contributed by atoms with Crippen molar-refractivity contribution in [1.82, 2.24) is 24.9 Å². The number of aromatic nitrogens is 2. The van der Waals surface area contributed by atoms with Gasteiger partial charge in [0.25, 0.3) is 0 Å². The smallest absolute Gasteiger partial charge is 0.219 e. The van der Waals surface area contributed by atoms with Crippen LogP contribution in [0.4, 0.5) is 0 Å². The fraction of sp³-hybridized carbons (Fsp3) is 0.476. The summed E-state index contributed by atoms with van der Waals surface area (Å²) >= 11 is 0. The van der Waals surface area contributed by atoms with E-state index in [4.69, 9.17) is 5.10 Å². The molecule has 0 unspecified atom stereocenters. The Kier molecular flexibility index (Phi) is 7.15. The molecule has 8 heteroatoms. The van der Waals surface area contributed by atoms with E-state index in [-0.39, 0.29) is 29.9 Å². The van der Waals surface area contributed by atoms with Gasteiger partial charge in [-0.25, -0.2) is 4.68 Å². The quantitative estimate of drug-likeness (QED) is 0.393. The third-order valence-corrected chi connectivity index (χ3v) is 5.66. The Hall–Kier alpha value is -2.10. The number of hydrogen-bond acceptors (Lipinski definition) is 3. The molecule has 1 aromatic carbocycles. The van der Waals surface area contributed by atoms with Crippen molar-refractivity contribution in [1.29, 1.82) is 0 Å². The van der Waals surface area contributed by atoms with E-state index in [1.54, 1.807) is 6.92 Å². The summed E-state index contributed by atoms with van der Waals surface area (Å²) in [6.07, 6.45) is 3.36. The predicted octanol–water partition coefficient (Wildman–Crippen LogP) is 2.22. The number of rotatable bonds is 3. The molecule has 0 atom stereocenters. The molecule has 0 saturated carbocycles. The highest BCUT2D eigenvalue weighted by molar-refractivity contribution is 14.0. The zero-order valence-electron chi connectivity index (χ0n) is 17.1. The summed E-state index contributed by atoms with van der Waals surface area (Å²) in [5.41, 5.74) is 4.96. The maximum absolute atomic E-state index is 11.5. The van der Waals surface area contributed by atoms with Gasteiger partial charge in [-0.1, -0.05) is 18.2 Å². The highest BCUT2D eigenvalue weighted by Gasteiger charge is 2.24. The molecule has 2 aliphatic rings. The Morgan fingerprint density at radius 1 is 1.10 bits per heavy atom. The van der Waals surface area contributed by atoms with E-state index in [0.717, 1.165) is 56.4 Å². The zero-order chi connectivity index (χ0) is 19.5. The third-order valence-electron chi connectivity index (χ3n) is 5.66. The number of para-hydroxylation sites is 1. The van der Waals surface area contributed by atoms with Gasteiger partial charge in [-0.15, -0.1) is 24.0 Å². The summed E-state index contributed by atoms with van der Waals surface area (Å²) in [5, 5.41) is 8.41. The molecule has 1 saturated heterocycles. The Morgan fingerprint density at radius 3 is 2.45 bits per heavy atom. The van der Waals surface area contributed by atoms with E-state index >= 15 is 0 Å². The highest BCUT2D eigenvalue weighted by Crippen LogP contribution is 2.27. The Labute approximate surface area is 189 Å². The summed E-state index contributed by atoms with van der Waals surface area (Å²) in [5.74, 6) is 1.02. The Morgan fingerprint density at radius 2 is 1.79 bits per heavy atom.